The first-order chi connectivity index (χ1) is 8.55. The molecular weight excluding hydrogens is 234 g/mol. The maximum atomic E-state index is 13.2. The molecule has 0 aromatic heterocycles. The Balaban J connectivity index is 1.60. The van der Waals surface area contributed by atoms with Crippen LogP contribution in [0.2, 0.25) is 0 Å². The zero-order valence-corrected chi connectivity index (χ0v) is 11.4. The van der Waals surface area contributed by atoms with Crippen molar-refractivity contribution in [1.29, 1.82) is 0 Å². The monoisotopic (exact) mass is 260 g/mol. The summed E-state index contributed by atoms with van der Waals surface area (Å²) in [7, 11) is 2.16. The highest BCUT2D eigenvalue weighted by Gasteiger charge is 2.35. The van der Waals surface area contributed by atoms with Crippen molar-refractivity contribution >= 4 is 0 Å². The lowest BCUT2D eigenvalue weighted by atomic mass is 9.86. The molecule has 1 saturated heterocycles. The van der Waals surface area contributed by atoms with Gasteiger partial charge in [-0.2, -0.15) is 0 Å². The van der Waals surface area contributed by atoms with Crippen LogP contribution in [0.4, 0.5) is 8.78 Å². The van der Waals surface area contributed by atoms with E-state index in [9.17, 15) is 8.78 Å². The molecule has 1 aliphatic heterocycles. The third-order valence-corrected chi connectivity index (χ3v) is 4.45. The second kappa shape index (κ2) is 6.29. The van der Waals surface area contributed by atoms with Crippen LogP contribution in [0.15, 0.2) is 0 Å². The summed E-state index contributed by atoms with van der Waals surface area (Å²) in [4.78, 5) is 2.36. The van der Waals surface area contributed by atoms with E-state index in [0.29, 0.717) is 6.42 Å². The van der Waals surface area contributed by atoms with Crippen LogP contribution in [0.1, 0.15) is 38.5 Å². The molecule has 2 fully saturated rings. The molecule has 2 rings (SSSR count). The van der Waals surface area contributed by atoms with Gasteiger partial charge in [-0.3, -0.25) is 0 Å². The van der Waals surface area contributed by atoms with Crippen molar-refractivity contribution in [3.8, 4) is 0 Å². The Morgan fingerprint density at radius 2 is 1.78 bits per heavy atom. The summed E-state index contributed by atoms with van der Waals surface area (Å²) < 4.78 is 26.5. The Bertz CT molecular complexity index is 250. The smallest absolute Gasteiger partial charge is 0.248 e. The first-order valence-electron chi connectivity index (χ1n) is 7.32. The number of hydrogen-bond acceptors (Lipinski definition) is 2. The van der Waals surface area contributed by atoms with E-state index < -0.39 is 5.92 Å². The standard InChI is InChI=1S/C14H26F2N2/c1-18-7-4-12(5-8-18)10-17-11-13-3-2-6-14(15,16)9-13/h12-13,17H,2-11H2,1H3. The summed E-state index contributed by atoms with van der Waals surface area (Å²) >= 11 is 0. The molecule has 0 radical (unpaired) electrons. The van der Waals surface area contributed by atoms with Crippen molar-refractivity contribution in [2.75, 3.05) is 33.2 Å². The Labute approximate surface area is 109 Å². The summed E-state index contributed by atoms with van der Waals surface area (Å²) in [5, 5.41) is 3.43. The van der Waals surface area contributed by atoms with Crippen LogP contribution in [-0.2, 0) is 0 Å². The predicted octanol–water partition coefficient (Wildman–Crippen LogP) is 2.74. The van der Waals surface area contributed by atoms with Crippen molar-refractivity contribution in [3.63, 3.8) is 0 Å². The number of halogens is 2. The van der Waals surface area contributed by atoms with Gasteiger partial charge in [0.05, 0.1) is 0 Å². The Kier molecular flexibility index (Phi) is 4.96. The van der Waals surface area contributed by atoms with Crippen LogP contribution in [0.5, 0.6) is 0 Å². The Hall–Kier alpha value is -0.220. The minimum atomic E-state index is -2.40. The second-order valence-corrected chi connectivity index (χ2v) is 6.22. The van der Waals surface area contributed by atoms with E-state index >= 15 is 0 Å². The van der Waals surface area contributed by atoms with Gasteiger partial charge in [0.15, 0.2) is 0 Å². The van der Waals surface area contributed by atoms with Gasteiger partial charge < -0.3 is 10.2 Å². The van der Waals surface area contributed by atoms with E-state index in [-0.39, 0.29) is 18.8 Å². The molecule has 2 nitrogen and oxygen atoms in total. The van der Waals surface area contributed by atoms with Gasteiger partial charge in [0.2, 0.25) is 5.92 Å². The highest BCUT2D eigenvalue weighted by molar-refractivity contribution is 4.80. The lowest BCUT2D eigenvalue weighted by molar-refractivity contribution is -0.0521. The fourth-order valence-corrected chi connectivity index (χ4v) is 3.21. The number of likely N-dealkylation sites (tertiary alicyclic amines) is 1. The molecule has 1 heterocycles. The quantitative estimate of drug-likeness (QED) is 0.836. The fraction of sp³-hybridized carbons (Fsp3) is 1.00. The second-order valence-electron chi connectivity index (χ2n) is 6.22. The molecular formula is C14H26F2N2. The van der Waals surface area contributed by atoms with E-state index in [0.717, 1.165) is 25.4 Å². The third-order valence-electron chi connectivity index (χ3n) is 4.45. The number of piperidine rings is 1. The zero-order chi connectivity index (χ0) is 13.0. The molecule has 1 unspecified atom stereocenters. The summed E-state index contributed by atoms with van der Waals surface area (Å²) in [6.07, 6.45) is 4.32. The molecule has 0 bridgehead atoms. The molecule has 4 heteroatoms. The van der Waals surface area contributed by atoms with Crippen LogP contribution in [-0.4, -0.2) is 44.0 Å². The van der Waals surface area contributed by atoms with Crippen LogP contribution in [0.3, 0.4) is 0 Å². The normalized spacial score (nSPS) is 30.5. The lowest BCUT2D eigenvalue weighted by Gasteiger charge is -2.31. The largest absolute Gasteiger partial charge is 0.316 e. The molecule has 1 saturated carbocycles. The number of nitrogens with one attached hydrogen (secondary N) is 1. The van der Waals surface area contributed by atoms with Gasteiger partial charge in [0.1, 0.15) is 0 Å². The third kappa shape index (κ3) is 4.47. The van der Waals surface area contributed by atoms with Crippen LogP contribution < -0.4 is 5.32 Å². The topological polar surface area (TPSA) is 15.3 Å². The zero-order valence-electron chi connectivity index (χ0n) is 11.4. The summed E-state index contributed by atoms with van der Waals surface area (Å²) in [5.74, 6) is -1.48. The number of rotatable bonds is 4. The van der Waals surface area contributed by atoms with Gasteiger partial charge in [-0.05, 0) is 70.7 Å². The molecule has 2 aliphatic rings. The highest BCUT2D eigenvalue weighted by atomic mass is 19.3. The molecule has 1 aliphatic carbocycles. The lowest BCUT2D eigenvalue weighted by Crippen LogP contribution is -2.38. The average molecular weight is 260 g/mol. The number of nitrogens with zero attached hydrogens (tertiary/aromatic N) is 1. The van der Waals surface area contributed by atoms with Crippen LogP contribution >= 0.6 is 0 Å². The van der Waals surface area contributed by atoms with Gasteiger partial charge >= 0.3 is 0 Å². The van der Waals surface area contributed by atoms with Crippen LogP contribution in [0.25, 0.3) is 0 Å². The van der Waals surface area contributed by atoms with Gasteiger partial charge in [0, 0.05) is 12.8 Å². The molecule has 0 amide bonds. The molecule has 106 valence electrons. The Morgan fingerprint density at radius 1 is 1.11 bits per heavy atom. The van der Waals surface area contributed by atoms with Crippen molar-refractivity contribution in [1.82, 2.24) is 10.2 Å². The first kappa shape index (κ1) is 14.2. The predicted molar refractivity (Wildman–Crippen MR) is 70.0 cm³/mol. The average Bonchev–Trinajstić information content (AvgIpc) is 2.30. The van der Waals surface area contributed by atoms with Crippen molar-refractivity contribution in [2.24, 2.45) is 11.8 Å². The first-order valence-corrected chi connectivity index (χ1v) is 7.32. The van der Waals surface area contributed by atoms with E-state index in [2.05, 4.69) is 17.3 Å². The maximum Gasteiger partial charge on any atom is 0.248 e. The van der Waals surface area contributed by atoms with Crippen molar-refractivity contribution in [3.05, 3.63) is 0 Å². The van der Waals surface area contributed by atoms with E-state index in [1.54, 1.807) is 0 Å². The maximum absolute atomic E-state index is 13.2. The summed E-state index contributed by atoms with van der Waals surface area (Å²) in [6.45, 7) is 4.14. The minimum absolute atomic E-state index is 0.0907. The molecule has 1 N–H and O–H groups in total. The van der Waals surface area contributed by atoms with Crippen molar-refractivity contribution in [2.45, 2.75) is 44.4 Å². The molecule has 0 spiro atoms. The van der Waals surface area contributed by atoms with Gasteiger partial charge in [-0.25, -0.2) is 8.78 Å². The van der Waals surface area contributed by atoms with E-state index in [4.69, 9.17) is 0 Å². The minimum Gasteiger partial charge on any atom is -0.316 e. The van der Waals surface area contributed by atoms with E-state index in [1.165, 1.54) is 25.9 Å². The molecule has 18 heavy (non-hydrogen) atoms. The summed E-state index contributed by atoms with van der Waals surface area (Å²) in [6, 6.07) is 0. The van der Waals surface area contributed by atoms with E-state index in [1.807, 2.05) is 0 Å². The SMILES string of the molecule is CN1CCC(CNCC2CCCC(F)(F)C2)CC1. The number of alkyl halides is 2. The van der Waals surface area contributed by atoms with Gasteiger partial charge in [-0.15, -0.1) is 0 Å². The van der Waals surface area contributed by atoms with Gasteiger partial charge in [-0.1, -0.05) is 0 Å². The molecule has 1 atom stereocenters. The van der Waals surface area contributed by atoms with Gasteiger partial charge in [0.25, 0.3) is 0 Å². The number of hydrogen-bond donors (Lipinski definition) is 1. The summed E-state index contributed by atoms with van der Waals surface area (Å²) in [5.41, 5.74) is 0. The van der Waals surface area contributed by atoms with Crippen molar-refractivity contribution < 1.29 is 8.78 Å². The molecule has 0 aromatic rings. The fourth-order valence-electron chi connectivity index (χ4n) is 3.21. The molecule has 0 aromatic carbocycles. The highest BCUT2D eigenvalue weighted by Crippen LogP contribution is 2.36. The Morgan fingerprint density at radius 3 is 2.44 bits per heavy atom. The van der Waals surface area contributed by atoms with Crippen LogP contribution in [0, 0.1) is 11.8 Å².